The third-order valence-electron chi connectivity index (χ3n) is 1.16. The van der Waals surface area contributed by atoms with E-state index in [0.29, 0.717) is 0 Å². The number of hydrogen-bond acceptors (Lipinski definition) is 0. The fraction of sp³-hybridized carbons (Fsp3) is 0.333. The molecule has 1 heterocycles. The molecule has 0 aliphatic heterocycles. The minimum Gasteiger partial charge on any atom is -0.224 e. The molecule has 0 bridgehead atoms. The SMILES string of the molecule is Cc1ccp[c-]1C.Cl.Cl.[Zr]. The molecule has 0 aliphatic rings. The van der Waals surface area contributed by atoms with Gasteiger partial charge in [0.05, 0.1) is 0 Å². The summed E-state index contributed by atoms with van der Waals surface area (Å²) in [4.78, 5) is 0. The molecule has 0 aromatic carbocycles. The van der Waals surface area contributed by atoms with Crippen molar-refractivity contribution in [1.82, 2.24) is 0 Å². The van der Waals surface area contributed by atoms with Gasteiger partial charge in [-0.1, -0.05) is 13.8 Å². The van der Waals surface area contributed by atoms with Gasteiger partial charge in [0.1, 0.15) is 0 Å². The first-order valence-electron chi connectivity index (χ1n) is 2.35. The molecule has 4 heteroatoms. The maximum Gasteiger partial charge on any atom is 0 e. The molecule has 0 saturated carbocycles. The van der Waals surface area contributed by atoms with Crippen LogP contribution in [0.4, 0.5) is 0 Å². The summed E-state index contributed by atoms with van der Waals surface area (Å²) in [5.41, 5.74) is 1.43. The zero-order chi connectivity index (χ0) is 5.28. The zero-order valence-corrected chi connectivity index (χ0v) is 10.9. The summed E-state index contributed by atoms with van der Waals surface area (Å²) in [7, 11) is 1.38. The van der Waals surface area contributed by atoms with Crippen LogP contribution in [0.1, 0.15) is 10.9 Å². The van der Waals surface area contributed by atoms with Crippen molar-refractivity contribution < 1.29 is 26.2 Å². The standard InChI is InChI=1S/C6H8P.2ClH.Zr/c1-5-3-4-7-6(5)2;;;/h3-4H,1-2H3;2*1H;/q-1;;;. The average molecular weight is 275 g/mol. The van der Waals surface area contributed by atoms with Crippen LogP contribution in [-0.2, 0) is 26.2 Å². The second-order valence-electron chi connectivity index (χ2n) is 1.71. The minimum atomic E-state index is 0. The summed E-state index contributed by atoms with van der Waals surface area (Å²) in [5.74, 6) is 2.17. The van der Waals surface area contributed by atoms with Crippen molar-refractivity contribution in [3.8, 4) is 0 Å². The summed E-state index contributed by atoms with van der Waals surface area (Å²) in [6.45, 7) is 4.31. The number of rotatable bonds is 0. The van der Waals surface area contributed by atoms with Gasteiger partial charge >= 0.3 is 0 Å². The van der Waals surface area contributed by atoms with Crippen LogP contribution in [0.2, 0.25) is 0 Å². The first-order chi connectivity index (χ1) is 3.30. The van der Waals surface area contributed by atoms with Gasteiger partial charge < -0.3 is 0 Å². The first kappa shape index (κ1) is 17.4. The van der Waals surface area contributed by atoms with Crippen molar-refractivity contribution in [2.24, 2.45) is 0 Å². The van der Waals surface area contributed by atoms with Crippen molar-refractivity contribution in [3.05, 3.63) is 22.7 Å². The van der Waals surface area contributed by atoms with Gasteiger partial charge in [-0.3, -0.25) is 0 Å². The van der Waals surface area contributed by atoms with Crippen LogP contribution in [0, 0.1) is 13.8 Å². The van der Waals surface area contributed by atoms with E-state index in [2.05, 4.69) is 25.7 Å². The monoisotopic (exact) mass is 273 g/mol. The maximum atomic E-state index is 2.17. The molecule has 1 aromatic rings. The number of halogens is 2. The van der Waals surface area contributed by atoms with Crippen molar-refractivity contribution in [1.29, 1.82) is 0 Å². The Kier molecular flexibility index (Phi) is 14.5. The molecule has 0 N–H and O–H groups in total. The van der Waals surface area contributed by atoms with Gasteiger partial charge in [0, 0.05) is 26.2 Å². The van der Waals surface area contributed by atoms with Gasteiger partial charge in [0.2, 0.25) is 0 Å². The van der Waals surface area contributed by atoms with E-state index in [0.717, 1.165) is 0 Å². The topological polar surface area (TPSA) is 0 Å². The summed E-state index contributed by atoms with van der Waals surface area (Å²) in [5, 5.41) is 1.49. The number of aryl methyl sites for hydroxylation is 2. The molecule has 58 valence electrons. The first-order valence-corrected chi connectivity index (χ1v) is 3.32. The Bertz CT molecular complexity index is 148. The Labute approximate surface area is 95.2 Å². The summed E-state index contributed by atoms with van der Waals surface area (Å²) in [6.07, 6.45) is 0. The summed E-state index contributed by atoms with van der Waals surface area (Å²) < 4.78 is 0. The quantitative estimate of drug-likeness (QED) is 0.636. The van der Waals surface area contributed by atoms with Crippen molar-refractivity contribution in [2.45, 2.75) is 13.8 Å². The molecule has 0 aliphatic carbocycles. The van der Waals surface area contributed by atoms with E-state index in [4.69, 9.17) is 0 Å². The third kappa shape index (κ3) is 4.97. The summed E-state index contributed by atoms with van der Waals surface area (Å²) >= 11 is 0. The molecular weight excluding hydrogens is 265 g/mol. The predicted octanol–water partition coefficient (Wildman–Crippen LogP) is 3.44. The Morgan fingerprint density at radius 3 is 2.00 bits per heavy atom. The van der Waals surface area contributed by atoms with Gasteiger partial charge in [0.15, 0.2) is 0 Å². The largest absolute Gasteiger partial charge is 0.224 e. The van der Waals surface area contributed by atoms with Crippen molar-refractivity contribution in [2.75, 3.05) is 0 Å². The Morgan fingerprint density at radius 2 is 1.90 bits per heavy atom. The van der Waals surface area contributed by atoms with E-state index >= 15 is 0 Å². The molecule has 0 saturated heterocycles. The van der Waals surface area contributed by atoms with E-state index in [1.807, 2.05) is 0 Å². The van der Waals surface area contributed by atoms with E-state index in [9.17, 15) is 0 Å². The minimum absolute atomic E-state index is 0. The Balaban J connectivity index is -0.000000163. The van der Waals surface area contributed by atoms with E-state index in [1.165, 1.54) is 19.1 Å². The second-order valence-corrected chi connectivity index (χ2v) is 2.94. The predicted molar refractivity (Wildman–Crippen MR) is 48.5 cm³/mol. The van der Waals surface area contributed by atoms with E-state index in [1.54, 1.807) is 0 Å². The Morgan fingerprint density at radius 1 is 1.40 bits per heavy atom. The fourth-order valence-electron chi connectivity index (χ4n) is 0.483. The fourth-order valence-corrected chi connectivity index (χ4v) is 1.28. The van der Waals surface area contributed by atoms with E-state index < -0.39 is 0 Å². The third-order valence-corrected chi connectivity index (χ3v) is 2.20. The molecule has 0 spiro atoms. The van der Waals surface area contributed by atoms with Crippen molar-refractivity contribution >= 4 is 33.0 Å². The molecule has 0 radical (unpaired) electrons. The maximum absolute atomic E-state index is 2.17. The molecule has 0 fully saturated rings. The van der Waals surface area contributed by atoms with Gasteiger partial charge in [-0.15, -0.1) is 30.1 Å². The van der Waals surface area contributed by atoms with Crippen LogP contribution in [0.15, 0.2) is 11.9 Å². The van der Waals surface area contributed by atoms with Crippen LogP contribution in [-0.4, -0.2) is 0 Å². The molecule has 1 aromatic heterocycles. The van der Waals surface area contributed by atoms with Crippen LogP contribution >= 0.6 is 33.0 Å². The Hall–Kier alpha value is 1.24. The van der Waals surface area contributed by atoms with E-state index in [-0.39, 0.29) is 51.0 Å². The van der Waals surface area contributed by atoms with Gasteiger partial charge in [-0.05, 0) is 0 Å². The average Bonchev–Trinajstić information content (AvgIpc) is 1.91. The molecule has 0 nitrogen and oxygen atoms in total. The van der Waals surface area contributed by atoms with Gasteiger partial charge in [-0.25, -0.2) is 14.3 Å². The molecule has 0 amide bonds. The molecule has 10 heavy (non-hydrogen) atoms. The molecular formula is C6H10Cl2PZr-. The van der Waals surface area contributed by atoms with Gasteiger partial charge in [-0.2, -0.15) is 11.4 Å². The summed E-state index contributed by atoms with van der Waals surface area (Å²) in [6, 6.07) is 2.16. The van der Waals surface area contributed by atoms with Gasteiger partial charge in [0.25, 0.3) is 0 Å². The smallest absolute Gasteiger partial charge is 0 e. The number of hydrogen-bond donors (Lipinski definition) is 0. The van der Waals surface area contributed by atoms with Crippen LogP contribution in [0.3, 0.4) is 0 Å². The second kappa shape index (κ2) is 8.34. The zero-order valence-electron chi connectivity index (χ0n) is 5.92. The van der Waals surface area contributed by atoms with Crippen molar-refractivity contribution in [3.63, 3.8) is 0 Å². The van der Waals surface area contributed by atoms with Crippen LogP contribution in [0.25, 0.3) is 0 Å². The molecule has 0 unspecified atom stereocenters. The van der Waals surface area contributed by atoms with Crippen LogP contribution < -0.4 is 0 Å². The molecule has 1 rings (SSSR count). The normalized spacial score (nSPS) is 7.40. The van der Waals surface area contributed by atoms with Crippen LogP contribution in [0.5, 0.6) is 0 Å². The molecule has 0 atom stereocenters.